The molecule has 0 spiro atoms. The molecular weight excluding hydrogens is 167 g/mol. The van der Waals surface area contributed by atoms with E-state index in [-0.39, 0.29) is 0 Å². The Balaban J connectivity index is 3.71. The van der Waals surface area contributed by atoms with Crippen molar-refractivity contribution in [3.8, 4) is 0 Å². The van der Waals surface area contributed by atoms with Gasteiger partial charge in [0, 0.05) is 0 Å². The van der Waals surface area contributed by atoms with Crippen molar-refractivity contribution < 1.29 is 4.79 Å². The monoisotopic (exact) mass is 178 g/mol. The van der Waals surface area contributed by atoms with Crippen LogP contribution < -0.4 is 0 Å². The lowest BCUT2D eigenvalue weighted by Crippen LogP contribution is -2.26. The Kier molecular flexibility index (Phi) is 4.32. The number of carbonyl (C=O) groups excluding carboxylic acids is 1. The Bertz CT molecular complexity index is 103. The summed E-state index contributed by atoms with van der Waals surface area (Å²) in [5.41, 5.74) is 0. The third-order valence-electron chi connectivity index (χ3n) is 0.897. The summed E-state index contributed by atoms with van der Waals surface area (Å²) in [6, 6.07) is 0. The van der Waals surface area contributed by atoms with Gasteiger partial charge in [-0.15, -0.1) is 0 Å². The Morgan fingerprint density at radius 1 is 1.56 bits per heavy atom. The first kappa shape index (κ1) is 9.90. The molecule has 0 rings (SSSR count). The zero-order chi connectivity index (χ0) is 7.49. The quantitative estimate of drug-likeness (QED) is 0.285. The average molecular weight is 178 g/mol. The zero-order valence-electron chi connectivity index (χ0n) is 5.66. The van der Waals surface area contributed by atoms with Crippen molar-refractivity contribution >= 4 is 46.8 Å². The first-order valence-corrected chi connectivity index (χ1v) is 5.31. The summed E-state index contributed by atoms with van der Waals surface area (Å²) in [5.74, 6) is 0. The van der Waals surface area contributed by atoms with E-state index in [1.165, 1.54) is 0 Å². The van der Waals surface area contributed by atoms with Crippen LogP contribution in [0.1, 0.15) is 13.8 Å². The third-order valence-corrected chi connectivity index (χ3v) is 3.79. The molecule has 0 aromatic rings. The molecule has 52 valence electrons. The maximum Gasteiger partial charge on any atom is 0.291 e. The van der Waals surface area contributed by atoms with Crippen molar-refractivity contribution in [1.29, 1.82) is 0 Å². The molecule has 0 amide bonds. The molecule has 4 heteroatoms. The highest BCUT2D eigenvalue weighted by Gasteiger charge is 2.23. The van der Waals surface area contributed by atoms with E-state index in [1.54, 1.807) is 0 Å². The number of hydrogen-bond donors (Lipinski definition) is 2. The first-order valence-electron chi connectivity index (χ1n) is 2.89. The molecular formula is C5H11AlOS2. The van der Waals surface area contributed by atoms with Crippen LogP contribution >= 0.6 is 25.3 Å². The van der Waals surface area contributed by atoms with Crippen LogP contribution in [0.4, 0.5) is 0 Å². The van der Waals surface area contributed by atoms with E-state index in [9.17, 15) is 4.79 Å². The molecule has 0 bridgehead atoms. The number of thiol groups is 2. The van der Waals surface area contributed by atoms with Crippen LogP contribution in [0.5, 0.6) is 0 Å². The standard InChI is InChI=1S/C3H7.C2H3OS2.Al.H/c1-3-2;3-1-2(4)5;;/h3H,1-2H3;1,4-5H;;. The van der Waals surface area contributed by atoms with Gasteiger partial charge in [-0.25, -0.2) is 0 Å². The van der Waals surface area contributed by atoms with Gasteiger partial charge in [0.1, 0.15) is 6.29 Å². The summed E-state index contributed by atoms with van der Waals surface area (Å²) >= 11 is 7.70. The van der Waals surface area contributed by atoms with Gasteiger partial charge in [-0.3, -0.25) is 0 Å². The van der Waals surface area contributed by atoms with Crippen LogP contribution in [0.2, 0.25) is 4.78 Å². The SMILES string of the molecule is C[CH](C)[AlH][C](S)(S)C=O. The minimum Gasteiger partial charge on any atom is -0.302 e. The van der Waals surface area contributed by atoms with Gasteiger partial charge in [0.2, 0.25) is 0 Å². The van der Waals surface area contributed by atoms with Crippen molar-refractivity contribution in [2.75, 3.05) is 0 Å². The molecule has 0 aromatic heterocycles. The highest BCUT2D eigenvalue weighted by Crippen LogP contribution is 2.19. The van der Waals surface area contributed by atoms with E-state index in [0.717, 1.165) is 6.29 Å². The van der Waals surface area contributed by atoms with Crippen LogP contribution in [0.15, 0.2) is 0 Å². The van der Waals surface area contributed by atoms with Gasteiger partial charge >= 0.3 is 0 Å². The number of hydrogen-bond acceptors (Lipinski definition) is 3. The summed E-state index contributed by atoms with van der Waals surface area (Å²) in [4.78, 5) is 10.2. The average Bonchev–Trinajstić information content (AvgIpc) is 1.63. The molecule has 0 N–H and O–H groups in total. The summed E-state index contributed by atoms with van der Waals surface area (Å²) in [7, 11) is 0. The van der Waals surface area contributed by atoms with Crippen LogP contribution in [-0.2, 0) is 4.79 Å². The molecule has 9 heavy (non-hydrogen) atoms. The maximum absolute atomic E-state index is 10.2. The third kappa shape index (κ3) is 5.35. The number of aldehydes is 1. The number of carbonyl (C=O) groups is 1. The summed E-state index contributed by atoms with van der Waals surface area (Å²) in [6.07, 6.45) is 0.825. The van der Waals surface area contributed by atoms with Crippen molar-refractivity contribution in [2.24, 2.45) is 0 Å². The lowest BCUT2D eigenvalue weighted by molar-refractivity contribution is -0.106. The minimum atomic E-state index is -0.589. The smallest absolute Gasteiger partial charge is 0.291 e. The van der Waals surface area contributed by atoms with Crippen molar-refractivity contribution in [3.63, 3.8) is 0 Å². The minimum absolute atomic E-state index is 0.466. The maximum atomic E-state index is 10.2. The number of rotatable bonds is 3. The normalized spacial score (nSPS) is 11.7. The molecule has 0 aromatic carbocycles. The van der Waals surface area contributed by atoms with Crippen LogP contribution in [0, 0.1) is 0 Å². The Hall–Kier alpha value is 0.902. The first-order chi connectivity index (χ1) is 3.98. The van der Waals surface area contributed by atoms with Gasteiger partial charge in [-0.05, 0) is 0 Å². The van der Waals surface area contributed by atoms with Crippen molar-refractivity contribution in [2.45, 2.75) is 21.6 Å². The summed E-state index contributed by atoms with van der Waals surface area (Å²) < 4.78 is 0.0129. The summed E-state index contributed by atoms with van der Waals surface area (Å²) in [5, 5.41) is 0. The molecule has 0 atom stereocenters. The van der Waals surface area contributed by atoms with E-state index in [1.807, 2.05) is 0 Å². The van der Waals surface area contributed by atoms with Gasteiger partial charge < -0.3 is 4.79 Å². The molecule has 0 aliphatic rings. The van der Waals surface area contributed by atoms with Gasteiger partial charge in [-0.2, -0.15) is 25.3 Å². The molecule has 0 unspecified atom stereocenters. The van der Waals surface area contributed by atoms with E-state index in [0.29, 0.717) is 4.78 Å². The van der Waals surface area contributed by atoms with Crippen molar-refractivity contribution in [3.05, 3.63) is 0 Å². The fourth-order valence-electron chi connectivity index (χ4n) is 0.649. The molecule has 0 heterocycles. The van der Waals surface area contributed by atoms with E-state index in [2.05, 4.69) is 39.1 Å². The van der Waals surface area contributed by atoms with Crippen LogP contribution in [0.25, 0.3) is 0 Å². The lowest BCUT2D eigenvalue weighted by Gasteiger charge is -2.13. The lowest BCUT2D eigenvalue weighted by atomic mass is 10.6. The van der Waals surface area contributed by atoms with Crippen molar-refractivity contribution in [1.82, 2.24) is 0 Å². The van der Waals surface area contributed by atoms with Gasteiger partial charge in [0.05, 0.1) is 2.94 Å². The molecule has 0 saturated heterocycles. The predicted octanol–water partition coefficient (Wildman–Crippen LogP) is 0.963. The fourth-order valence-corrected chi connectivity index (χ4v) is 4.14. The molecule has 0 aliphatic carbocycles. The molecule has 0 saturated carbocycles. The molecule has 0 aliphatic heterocycles. The highest BCUT2D eigenvalue weighted by molar-refractivity contribution is 8.04. The molecule has 1 nitrogen and oxygen atoms in total. The predicted molar refractivity (Wildman–Crippen MR) is 49.0 cm³/mol. The van der Waals surface area contributed by atoms with E-state index >= 15 is 0 Å². The zero-order valence-corrected chi connectivity index (χ0v) is 8.87. The molecule has 0 radical (unpaired) electrons. The van der Waals surface area contributed by atoms with Crippen LogP contribution in [0.3, 0.4) is 0 Å². The van der Waals surface area contributed by atoms with Gasteiger partial charge in [-0.1, -0.05) is 18.6 Å². The largest absolute Gasteiger partial charge is 0.302 e. The van der Waals surface area contributed by atoms with E-state index in [4.69, 9.17) is 0 Å². The summed E-state index contributed by atoms with van der Waals surface area (Å²) in [6.45, 7) is 4.19. The Morgan fingerprint density at radius 3 is 2.11 bits per heavy atom. The Morgan fingerprint density at radius 2 is 2.00 bits per heavy atom. The topological polar surface area (TPSA) is 17.1 Å². The highest BCUT2D eigenvalue weighted by atomic mass is 32.2. The van der Waals surface area contributed by atoms with Crippen LogP contribution in [-0.4, -0.2) is 24.4 Å². The van der Waals surface area contributed by atoms with Gasteiger partial charge in [0.25, 0.3) is 15.2 Å². The second kappa shape index (κ2) is 3.92. The molecule has 0 fully saturated rings. The van der Waals surface area contributed by atoms with Gasteiger partial charge in [0.15, 0.2) is 0 Å². The second-order valence-corrected chi connectivity index (χ2v) is 8.89. The fraction of sp³-hybridized carbons (Fsp3) is 0.800. The second-order valence-electron chi connectivity index (χ2n) is 2.59. The van der Waals surface area contributed by atoms with E-state index < -0.39 is 18.2 Å². The Labute approximate surface area is 73.1 Å².